The van der Waals surface area contributed by atoms with Gasteiger partial charge in [0.2, 0.25) is 0 Å². The van der Waals surface area contributed by atoms with Gasteiger partial charge in [0.25, 0.3) is 0 Å². The number of thiophene rings is 1. The Hall–Kier alpha value is -4.23. The Labute approximate surface area is 206 Å². The molecule has 0 spiro atoms. The molecule has 0 aliphatic rings. The lowest BCUT2D eigenvalue weighted by molar-refractivity contribution is 0.913. The fourth-order valence-corrected chi connectivity index (χ4v) is 5.12. The lowest BCUT2D eigenvalue weighted by Gasteiger charge is -2.10. The number of allylic oxidation sites excluding steroid dienone is 1. The predicted octanol–water partition coefficient (Wildman–Crippen LogP) is 7.62. The monoisotopic (exact) mass is 476 g/mol. The Morgan fingerprint density at radius 3 is 2.71 bits per heavy atom. The number of aromatic amines is 2. The van der Waals surface area contributed by atoms with Crippen LogP contribution in [-0.4, -0.2) is 25.1 Å². The van der Waals surface area contributed by atoms with Crippen LogP contribution in [0.4, 0.5) is 5.69 Å². The van der Waals surface area contributed by atoms with Gasteiger partial charge in [0.15, 0.2) is 0 Å². The molecule has 6 aromatic rings. The molecule has 6 nitrogen and oxygen atoms in total. The molecule has 5 aromatic heterocycles. The highest BCUT2D eigenvalue weighted by Gasteiger charge is 2.15. The third kappa shape index (κ3) is 4.00. The van der Waals surface area contributed by atoms with Crippen LogP contribution >= 0.6 is 11.3 Å². The maximum Gasteiger partial charge on any atom is 0.116 e. The number of hydrogen-bond donors (Lipinski definition) is 3. The smallest absolute Gasteiger partial charge is 0.116 e. The van der Waals surface area contributed by atoms with E-state index in [1.165, 1.54) is 5.56 Å². The van der Waals surface area contributed by atoms with Gasteiger partial charge < -0.3 is 10.3 Å². The van der Waals surface area contributed by atoms with Crippen molar-refractivity contribution in [3.63, 3.8) is 0 Å². The summed E-state index contributed by atoms with van der Waals surface area (Å²) in [5.74, 6) is 0. The van der Waals surface area contributed by atoms with Crippen LogP contribution < -0.4 is 5.32 Å². The summed E-state index contributed by atoms with van der Waals surface area (Å²) in [6, 6.07) is 12.7. The fourth-order valence-electron chi connectivity index (χ4n) is 4.46. The van der Waals surface area contributed by atoms with E-state index in [-0.39, 0.29) is 0 Å². The molecule has 0 bridgehead atoms. The maximum atomic E-state index is 4.65. The quantitative estimate of drug-likeness (QED) is 0.221. The van der Waals surface area contributed by atoms with E-state index in [9.17, 15) is 0 Å². The zero-order valence-electron chi connectivity index (χ0n) is 19.3. The first kappa shape index (κ1) is 21.3. The summed E-state index contributed by atoms with van der Waals surface area (Å²) in [6.45, 7) is 6.25. The van der Waals surface area contributed by atoms with Gasteiger partial charge in [0, 0.05) is 40.0 Å². The molecule has 0 saturated heterocycles. The normalized spacial score (nSPS) is 11.3. The van der Waals surface area contributed by atoms with Crippen LogP contribution in [0, 0.1) is 0 Å². The second-order valence-corrected chi connectivity index (χ2v) is 9.40. The zero-order chi connectivity index (χ0) is 23.8. The number of fused-ring (bicyclic) bond motifs is 2. The van der Waals surface area contributed by atoms with Crippen LogP contribution in [0.2, 0.25) is 0 Å². The summed E-state index contributed by atoms with van der Waals surface area (Å²) >= 11 is 1.69. The van der Waals surface area contributed by atoms with Crippen LogP contribution in [0.1, 0.15) is 19.8 Å². The fraction of sp³-hybridized carbons (Fsp3) is 0.107. The van der Waals surface area contributed by atoms with Gasteiger partial charge in [-0.15, -0.1) is 0 Å². The zero-order valence-corrected chi connectivity index (χ0v) is 20.1. The molecule has 5 heterocycles. The lowest BCUT2D eigenvalue weighted by Crippen LogP contribution is -1.98. The molecule has 0 fully saturated rings. The molecule has 6 rings (SSSR count). The van der Waals surface area contributed by atoms with Crippen LogP contribution in [-0.2, 0) is 0 Å². The van der Waals surface area contributed by atoms with Gasteiger partial charge in [-0.1, -0.05) is 26.0 Å². The lowest BCUT2D eigenvalue weighted by atomic mass is 10.0. The SMILES string of the molecule is C=C(CCC)Nc1cncc(-c2ccc3[nH]nc(-c4cc5c(-c6ccsc6)cncc5[nH]4)c3c2)c1. The molecular weight excluding hydrogens is 452 g/mol. The number of benzene rings is 1. The molecule has 35 heavy (non-hydrogen) atoms. The minimum absolute atomic E-state index is 0.882. The summed E-state index contributed by atoms with van der Waals surface area (Å²) < 4.78 is 0. The van der Waals surface area contributed by atoms with Crippen molar-refractivity contribution in [2.75, 3.05) is 5.32 Å². The first-order valence-corrected chi connectivity index (χ1v) is 12.5. The number of hydrogen-bond acceptors (Lipinski definition) is 5. The molecule has 0 unspecified atom stereocenters. The Morgan fingerprint density at radius 1 is 0.943 bits per heavy atom. The van der Waals surface area contributed by atoms with E-state index < -0.39 is 0 Å². The third-order valence-corrected chi connectivity index (χ3v) is 6.82. The van der Waals surface area contributed by atoms with Gasteiger partial charge in [0.1, 0.15) is 5.69 Å². The van der Waals surface area contributed by atoms with Crippen molar-refractivity contribution in [3.8, 4) is 33.6 Å². The highest BCUT2D eigenvalue weighted by molar-refractivity contribution is 7.08. The third-order valence-electron chi connectivity index (χ3n) is 6.14. The first-order chi connectivity index (χ1) is 17.2. The van der Waals surface area contributed by atoms with E-state index in [1.807, 2.05) is 24.8 Å². The largest absolute Gasteiger partial charge is 0.358 e. The van der Waals surface area contributed by atoms with Crippen molar-refractivity contribution in [2.45, 2.75) is 19.8 Å². The minimum atomic E-state index is 0.882. The Kier molecular flexibility index (Phi) is 5.39. The first-order valence-electron chi connectivity index (χ1n) is 11.6. The summed E-state index contributed by atoms with van der Waals surface area (Å²) in [7, 11) is 0. The van der Waals surface area contributed by atoms with Gasteiger partial charge in [-0.3, -0.25) is 15.1 Å². The second kappa shape index (κ2) is 8.85. The highest BCUT2D eigenvalue weighted by Crippen LogP contribution is 2.35. The molecule has 0 amide bonds. The van der Waals surface area contributed by atoms with Crippen LogP contribution in [0.15, 0.2) is 84.2 Å². The molecule has 0 radical (unpaired) electrons. The maximum absolute atomic E-state index is 4.65. The van der Waals surface area contributed by atoms with Gasteiger partial charge in [-0.2, -0.15) is 16.4 Å². The van der Waals surface area contributed by atoms with E-state index in [1.54, 1.807) is 11.3 Å². The summed E-state index contributed by atoms with van der Waals surface area (Å²) in [4.78, 5) is 12.4. The molecule has 0 saturated carbocycles. The van der Waals surface area contributed by atoms with E-state index in [0.717, 1.165) is 74.1 Å². The van der Waals surface area contributed by atoms with Gasteiger partial charge in [0.05, 0.1) is 34.8 Å². The minimum Gasteiger partial charge on any atom is -0.358 e. The molecule has 3 N–H and O–H groups in total. The number of pyridine rings is 2. The second-order valence-electron chi connectivity index (χ2n) is 8.62. The molecule has 0 aliphatic carbocycles. The van der Waals surface area contributed by atoms with Crippen LogP contribution in [0.3, 0.4) is 0 Å². The Morgan fingerprint density at radius 2 is 1.86 bits per heavy atom. The van der Waals surface area contributed by atoms with Gasteiger partial charge >= 0.3 is 0 Å². The van der Waals surface area contributed by atoms with Crippen molar-refractivity contribution in [2.24, 2.45) is 0 Å². The number of nitrogens with zero attached hydrogens (tertiary/aromatic N) is 3. The average Bonchev–Trinajstić information content (AvgIpc) is 3.63. The molecule has 0 aliphatic heterocycles. The summed E-state index contributed by atoms with van der Waals surface area (Å²) in [6.07, 6.45) is 9.49. The topological polar surface area (TPSA) is 82.3 Å². The van der Waals surface area contributed by atoms with E-state index in [4.69, 9.17) is 0 Å². The molecule has 1 aromatic carbocycles. The number of H-pyrrole nitrogens is 2. The van der Waals surface area contributed by atoms with Gasteiger partial charge in [-0.25, -0.2) is 0 Å². The van der Waals surface area contributed by atoms with Crippen LogP contribution in [0.5, 0.6) is 0 Å². The van der Waals surface area contributed by atoms with E-state index in [0.29, 0.717) is 0 Å². The van der Waals surface area contributed by atoms with Crippen molar-refractivity contribution >= 4 is 38.8 Å². The number of nitrogens with one attached hydrogen (secondary N) is 3. The van der Waals surface area contributed by atoms with Crippen LogP contribution in [0.25, 0.3) is 55.4 Å². The average molecular weight is 477 g/mol. The Balaban J connectivity index is 1.40. The van der Waals surface area contributed by atoms with Crippen molar-refractivity contribution < 1.29 is 0 Å². The molecule has 172 valence electrons. The van der Waals surface area contributed by atoms with Gasteiger partial charge in [-0.05, 0) is 58.6 Å². The molecule has 0 atom stereocenters. The van der Waals surface area contributed by atoms with Crippen molar-refractivity contribution in [3.05, 3.63) is 84.2 Å². The predicted molar refractivity (Wildman–Crippen MR) is 145 cm³/mol. The Bertz CT molecular complexity index is 1660. The summed E-state index contributed by atoms with van der Waals surface area (Å²) in [5.41, 5.74) is 10.2. The van der Waals surface area contributed by atoms with Crippen molar-refractivity contribution in [1.82, 2.24) is 25.1 Å². The van der Waals surface area contributed by atoms with Crippen molar-refractivity contribution in [1.29, 1.82) is 0 Å². The molecular formula is C28H24N6S. The van der Waals surface area contributed by atoms with E-state index in [2.05, 4.69) is 91.1 Å². The van der Waals surface area contributed by atoms with E-state index >= 15 is 0 Å². The number of rotatable bonds is 7. The molecule has 7 heteroatoms. The summed E-state index contributed by atoms with van der Waals surface area (Å²) in [5, 5.41) is 17.6. The number of aromatic nitrogens is 5. The number of anilines is 1. The standard InChI is InChI=1S/C28H24N6S/c1-3-4-17(2)31-21-9-20(12-29-13-21)18-5-6-25-23(10-18)28(34-33-25)26-11-22-24(19-7-8-35-16-19)14-30-15-27(22)32-26/h5-16,31-32H,2-4H2,1H3,(H,33,34). The highest BCUT2D eigenvalue weighted by atomic mass is 32.1.